The van der Waals surface area contributed by atoms with Crippen molar-refractivity contribution < 1.29 is 9.90 Å². The molecule has 0 bridgehead atoms. The van der Waals surface area contributed by atoms with Gasteiger partial charge in [0.25, 0.3) is 0 Å². The number of carboxylic acids is 1. The predicted molar refractivity (Wildman–Crippen MR) is 58.8 cm³/mol. The van der Waals surface area contributed by atoms with E-state index in [2.05, 4.69) is 4.90 Å². The van der Waals surface area contributed by atoms with E-state index in [0.717, 1.165) is 31.8 Å². The number of nitrogens with zero attached hydrogens (tertiary/aromatic N) is 1. The van der Waals surface area contributed by atoms with Gasteiger partial charge in [-0.2, -0.15) is 0 Å². The largest absolute Gasteiger partial charge is 0.481 e. The van der Waals surface area contributed by atoms with Gasteiger partial charge >= 0.3 is 5.97 Å². The van der Waals surface area contributed by atoms with Crippen LogP contribution in [-0.4, -0.2) is 35.6 Å². The number of carbonyl (C=O) groups is 1. The molecular formula is C12H21NO2. The summed E-state index contributed by atoms with van der Waals surface area (Å²) >= 11 is 0. The molecule has 86 valence electrons. The van der Waals surface area contributed by atoms with Crippen LogP contribution in [0, 0.1) is 11.8 Å². The molecule has 0 amide bonds. The third-order valence-electron chi connectivity index (χ3n) is 3.91. The second kappa shape index (κ2) is 4.97. The van der Waals surface area contributed by atoms with Crippen LogP contribution in [0.5, 0.6) is 0 Å². The summed E-state index contributed by atoms with van der Waals surface area (Å²) in [6, 6.07) is 0. The molecule has 3 nitrogen and oxygen atoms in total. The van der Waals surface area contributed by atoms with E-state index in [0.29, 0.717) is 12.3 Å². The highest BCUT2D eigenvalue weighted by Gasteiger charge is 2.25. The molecule has 1 N–H and O–H groups in total. The summed E-state index contributed by atoms with van der Waals surface area (Å²) in [7, 11) is 0. The molecule has 1 aliphatic carbocycles. The Bertz CT molecular complexity index is 218. The van der Waals surface area contributed by atoms with Crippen LogP contribution in [0.4, 0.5) is 0 Å². The number of hydrogen-bond donors (Lipinski definition) is 1. The fraction of sp³-hybridized carbons (Fsp3) is 0.917. The van der Waals surface area contributed by atoms with Crippen molar-refractivity contribution in [3.8, 4) is 0 Å². The Labute approximate surface area is 91.5 Å². The lowest BCUT2D eigenvalue weighted by Crippen LogP contribution is -2.39. The van der Waals surface area contributed by atoms with Crippen LogP contribution in [0.25, 0.3) is 0 Å². The summed E-state index contributed by atoms with van der Waals surface area (Å²) in [5.74, 6) is 0.744. The van der Waals surface area contributed by atoms with Crippen molar-refractivity contribution in [2.45, 2.75) is 38.5 Å². The van der Waals surface area contributed by atoms with Gasteiger partial charge in [-0.3, -0.25) is 4.79 Å². The molecule has 0 spiro atoms. The molecule has 15 heavy (non-hydrogen) atoms. The lowest BCUT2D eigenvalue weighted by Gasteiger charge is -2.36. The van der Waals surface area contributed by atoms with Crippen LogP contribution in [0.2, 0.25) is 0 Å². The second-order valence-corrected chi connectivity index (χ2v) is 5.14. The van der Waals surface area contributed by atoms with E-state index in [-0.39, 0.29) is 0 Å². The molecule has 1 saturated heterocycles. The molecule has 0 unspecified atom stereocenters. The van der Waals surface area contributed by atoms with Gasteiger partial charge < -0.3 is 10.0 Å². The minimum absolute atomic E-state index is 0.372. The Balaban J connectivity index is 1.64. The van der Waals surface area contributed by atoms with Crippen LogP contribution in [0.15, 0.2) is 0 Å². The molecule has 0 aromatic rings. The maximum atomic E-state index is 10.6. The quantitative estimate of drug-likeness (QED) is 0.773. The van der Waals surface area contributed by atoms with Crippen LogP contribution in [0.3, 0.4) is 0 Å². The third-order valence-corrected chi connectivity index (χ3v) is 3.91. The average Bonchev–Trinajstić information content (AvgIpc) is 2.13. The van der Waals surface area contributed by atoms with Crippen molar-refractivity contribution in [3.63, 3.8) is 0 Å². The average molecular weight is 211 g/mol. The summed E-state index contributed by atoms with van der Waals surface area (Å²) in [4.78, 5) is 13.1. The molecule has 0 aromatic carbocycles. The summed E-state index contributed by atoms with van der Waals surface area (Å²) in [5, 5.41) is 8.71. The standard InChI is InChI=1S/C12H21NO2/c14-12(15)8-10-4-6-13(7-5-10)9-11-2-1-3-11/h10-11H,1-9H2,(H,14,15). The molecule has 2 rings (SSSR count). The second-order valence-electron chi connectivity index (χ2n) is 5.14. The van der Waals surface area contributed by atoms with Crippen LogP contribution < -0.4 is 0 Å². The number of aliphatic carboxylic acids is 1. The van der Waals surface area contributed by atoms with Crippen molar-refractivity contribution in [3.05, 3.63) is 0 Å². The molecule has 0 atom stereocenters. The van der Waals surface area contributed by atoms with Gasteiger partial charge in [-0.1, -0.05) is 6.42 Å². The summed E-state index contributed by atoms with van der Waals surface area (Å²) < 4.78 is 0. The highest BCUT2D eigenvalue weighted by Crippen LogP contribution is 2.29. The van der Waals surface area contributed by atoms with Gasteiger partial charge in [0, 0.05) is 13.0 Å². The molecule has 1 heterocycles. The summed E-state index contributed by atoms with van der Waals surface area (Å²) in [5.41, 5.74) is 0. The number of hydrogen-bond acceptors (Lipinski definition) is 2. The fourth-order valence-corrected chi connectivity index (χ4v) is 2.66. The number of rotatable bonds is 4. The van der Waals surface area contributed by atoms with Crippen LogP contribution >= 0.6 is 0 Å². The van der Waals surface area contributed by atoms with E-state index >= 15 is 0 Å². The van der Waals surface area contributed by atoms with Gasteiger partial charge in [0.15, 0.2) is 0 Å². The fourth-order valence-electron chi connectivity index (χ4n) is 2.66. The summed E-state index contributed by atoms with van der Waals surface area (Å²) in [6.45, 7) is 3.50. The predicted octanol–water partition coefficient (Wildman–Crippen LogP) is 1.97. The highest BCUT2D eigenvalue weighted by atomic mass is 16.4. The monoisotopic (exact) mass is 211 g/mol. The minimum Gasteiger partial charge on any atom is -0.481 e. The highest BCUT2D eigenvalue weighted by molar-refractivity contribution is 5.67. The third kappa shape index (κ3) is 3.20. The van der Waals surface area contributed by atoms with Gasteiger partial charge in [-0.05, 0) is 50.6 Å². The van der Waals surface area contributed by atoms with E-state index in [1.165, 1.54) is 25.8 Å². The van der Waals surface area contributed by atoms with Crippen molar-refractivity contribution in [1.82, 2.24) is 4.90 Å². The van der Waals surface area contributed by atoms with Crippen molar-refractivity contribution >= 4 is 5.97 Å². The van der Waals surface area contributed by atoms with Crippen molar-refractivity contribution in [2.75, 3.05) is 19.6 Å². The number of carboxylic acid groups (broad SMARTS) is 1. The Kier molecular flexibility index (Phi) is 3.62. The lowest BCUT2D eigenvalue weighted by atomic mass is 9.84. The van der Waals surface area contributed by atoms with Crippen LogP contribution in [-0.2, 0) is 4.79 Å². The van der Waals surface area contributed by atoms with Gasteiger partial charge in [-0.25, -0.2) is 0 Å². The zero-order valence-electron chi connectivity index (χ0n) is 9.32. The molecule has 3 heteroatoms. The minimum atomic E-state index is -0.632. The first-order valence-electron chi connectivity index (χ1n) is 6.18. The molecule has 2 aliphatic rings. The van der Waals surface area contributed by atoms with Gasteiger partial charge in [0.2, 0.25) is 0 Å². The Morgan fingerprint density at radius 3 is 2.27 bits per heavy atom. The number of likely N-dealkylation sites (tertiary alicyclic amines) is 1. The molecule has 1 saturated carbocycles. The maximum absolute atomic E-state index is 10.6. The Morgan fingerprint density at radius 2 is 1.80 bits per heavy atom. The summed E-state index contributed by atoms with van der Waals surface area (Å²) in [6.07, 6.45) is 6.78. The molecule has 2 fully saturated rings. The lowest BCUT2D eigenvalue weighted by molar-refractivity contribution is -0.138. The zero-order valence-corrected chi connectivity index (χ0v) is 9.32. The van der Waals surface area contributed by atoms with Crippen LogP contribution in [0.1, 0.15) is 38.5 Å². The van der Waals surface area contributed by atoms with Crippen molar-refractivity contribution in [2.24, 2.45) is 11.8 Å². The molecule has 1 aliphatic heterocycles. The van der Waals surface area contributed by atoms with E-state index in [1.54, 1.807) is 0 Å². The van der Waals surface area contributed by atoms with Gasteiger partial charge in [0.1, 0.15) is 0 Å². The number of piperidine rings is 1. The van der Waals surface area contributed by atoms with E-state index < -0.39 is 5.97 Å². The van der Waals surface area contributed by atoms with E-state index in [4.69, 9.17) is 5.11 Å². The van der Waals surface area contributed by atoms with Crippen molar-refractivity contribution in [1.29, 1.82) is 0 Å². The van der Waals surface area contributed by atoms with Gasteiger partial charge in [0.05, 0.1) is 0 Å². The Morgan fingerprint density at radius 1 is 1.13 bits per heavy atom. The van der Waals surface area contributed by atoms with Gasteiger partial charge in [-0.15, -0.1) is 0 Å². The first-order valence-corrected chi connectivity index (χ1v) is 6.18. The Hall–Kier alpha value is -0.570. The SMILES string of the molecule is O=C(O)CC1CCN(CC2CCC2)CC1. The van der Waals surface area contributed by atoms with E-state index in [1.807, 2.05) is 0 Å². The van der Waals surface area contributed by atoms with E-state index in [9.17, 15) is 4.79 Å². The maximum Gasteiger partial charge on any atom is 0.303 e. The first kappa shape index (κ1) is 10.9. The zero-order chi connectivity index (χ0) is 10.7. The molecular weight excluding hydrogens is 190 g/mol. The molecule has 0 aromatic heterocycles. The normalized spacial score (nSPS) is 25.1. The smallest absolute Gasteiger partial charge is 0.303 e. The molecule has 0 radical (unpaired) electrons. The topological polar surface area (TPSA) is 40.5 Å². The first-order chi connectivity index (χ1) is 7.24.